The fourth-order valence-corrected chi connectivity index (χ4v) is 2.90. The van der Waals surface area contributed by atoms with Crippen LogP contribution in [0.3, 0.4) is 0 Å². The van der Waals surface area contributed by atoms with E-state index in [4.69, 9.17) is 0 Å². The van der Waals surface area contributed by atoms with Crippen molar-refractivity contribution in [3.63, 3.8) is 0 Å². The van der Waals surface area contributed by atoms with Gasteiger partial charge in [-0.25, -0.2) is 4.39 Å². The lowest BCUT2D eigenvalue weighted by Gasteiger charge is -2.12. The van der Waals surface area contributed by atoms with Gasteiger partial charge in [0.25, 0.3) is 0 Å². The summed E-state index contributed by atoms with van der Waals surface area (Å²) in [4.78, 5) is 0.800. The zero-order chi connectivity index (χ0) is 13.0. The van der Waals surface area contributed by atoms with E-state index in [0.717, 1.165) is 10.6 Å². The average molecular weight is 262 g/mol. The number of aliphatic hydroxyl groups excluding tert-OH is 1. The molecule has 2 rings (SSSR count). The Kier molecular flexibility index (Phi) is 4.39. The molecule has 0 saturated carbocycles. The van der Waals surface area contributed by atoms with Crippen LogP contribution in [0.2, 0.25) is 0 Å². The Morgan fingerprint density at radius 3 is 2.50 bits per heavy atom. The van der Waals surface area contributed by atoms with Gasteiger partial charge >= 0.3 is 0 Å². The van der Waals surface area contributed by atoms with E-state index in [1.807, 2.05) is 36.4 Å². The molecule has 0 spiro atoms. The van der Waals surface area contributed by atoms with Gasteiger partial charge in [-0.1, -0.05) is 36.4 Å². The van der Waals surface area contributed by atoms with Gasteiger partial charge in [0.15, 0.2) is 0 Å². The molecular formula is C15H15FOS. The minimum Gasteiger partial charge on any atom is -0.389 e. The second-order valence-electron chi connectivity index (χ2n) is 4.10. The van der Waals surface area contributed by atoms with E-state index >= 15 is 0 Å². The maximum absolute atomic E-state index is 13.7. The third kappa shape index (κ3) is 3.12. The molecule has 0 bridgehead atoms. The first kappa shape index (κ1) is 13.1. The molecule has 0 amide bonds. The molecule has 2 aromatic rings. The molecule has 94 valence electrons. The quantitative estimate of drug-likeness (QED) is 0.834. The van der Waals surface area contributed by atoms with Gasteiger partial charge in [0.2, 0.25) is 0 Å². The summed E-state index contributed by atoms with van der Waals surface area (Å²) in [6, 6.07) is 14.9. The second kappa shape index (κ2) is 6.03. The summed E-state index contributed by atoms with van der Waals surface area (Å²) in [6.07, 6.45) is -0.788. The van der Waals surface area contributed by atoms with E-state index in [2.05, 4.69) is 0 Å². The summed E-state index contributed by atoms with van der Waals surface area (Å²) in [5.41, 5.74) is 1.57. The molecule has 0 unspecified atom stereocenters. The van der Waals surface area contributed by atoms with Crippen molar-refractivity contribution in [1.29, 1.82) is 0 Å². The lowest BCUT2D eigenvalue weighted by molar-refractivity contribution is 0.191. The molecule has 0 saturated heterocycles. The molecule has 0 fully saturated rings. The van der Waals surface area contributed by atoms with Crippen LogP contribution in [0.15, 0.2) is 53.4 Å². The normalized spacial score (nSPS) is 12.4. The van der Waals surface area contributed by atoms with Gasteiger partial charge in [0, 0.05) is 16.2 Å². The highest BCUT2D eigenvalue weighted by molar-refractivity contribution is 7.98. The Morgan fingerprint density at radius 1 is 1.11 bits per heavy atom. The minimum absolute atomic E-state index is 0.344. The van der Waals surface area contributed by atoms with Crippen molar-refractivity contribution in [2.45, 2.75) is 23.7 Å². The van der Waals surface area contributed by atoms with Crippen molar-refractivity contribution in [1.82, 2.24) is 0 Å². The topological polar surface area (TPSA) is 20.2 Å². The smallest absolute Gasteiger partial charge is 0.130 e. The van der Waals surface area contributed by atoms with Gasteiger partial charge in [0.05, 0.1) is 6.10 Å². The van der Waals surface area contributed by atoms with Crippen molar-refractivity contribution in [3.05, 3.63) is 65.5 Å². The Hall–Kier alpha value is -1.32. The number of halogens is 1. The van der Waals surface area contributed by atoms with Crippen LogP contribution in [0, 0.1) is 5.82 Å². The minimum atomic E-state index is -0.788. The molecule has 1 N–H and O–H groups in total. The van der Waals surface area contributed by atoms with Crippen LogP contribution in [-0.2, 0) is 5.75 Å². The van der Waals surface area contributed by atoms with Gasteiger partial charge in [0.1, 0.15) is 5.82 Å². The van der Waals surface area contributed by atoms with E-state index in [0.29, 0.717) is 5.56 Å². The van der Waals surface area contributed by atoms with Gasteiger partial charge in [-0.2, -0.15) is 0 Å². The number of aliphatic hydroxyl groups is 1. The molecule has 0 aromatic heterocycles. The van der Waals surface area contributed by atoms with Crippen LogP contribution in [-0.4, -0.2) is 5.11 Å². The predicted octanol–water partition coefficient (Wildman–Crippen LogP) is 4.17. The van der Waals surface area contributed by atoms with Crippen LogP contribution >= 0.6 is 11.8 Å². The first-order chi connectivity index (χ1) is 8.68. The van der Waals surface area contributed by atoms with Gasteiger partial charge < -0.3 is 5.11 Å². The summed E-state index contributed by atoms with van der Waals surface area (Å²) in [6.45, 7) is 1.59. The molecule has 2 aromatic carbocycles. The summed E-state index contributed by atoms with van der Waals surface area (Å²) < 4.78 is 13.7. The van der Waals surface area contributed by atoms with Gasteiger partial charge in [-0.15, -0.1) is 11.8 Å². The third-order valence-electron chi connectivity index (χ3n) is 2.67. The maximum atomic E-state index is 13.7. The monoisotopic (exact) mass is 262 g/mol. The lowest BCUT2D eigenvalue weighted by atomic mass is 10.1. The van der Waals surface area contributed by atoms with Crippen LogP contribution in [0.25, 0.3) is 0 Å². The fraction of sp³-hybridized carbons (Fsp3) is 0.200. The van der Waals surface area contributed by atoms with Crippen LogP contribution in [0.4, 0.5) is 4.39 Å². The first-order valence-electron chi connectivity index (χ1n) is 5.81. The van der Waals surface area contributed by atoms with E-state index in [1.54, 1.807) is 24.8 Å². The highest BCUT2D eigenvalue weighted by atomic mass is 32.2. The zero-order valence-corrected chi connectivity index (χ0v) is 11.0. The summed E-state index contributed by atoms with van der Waals surface area (Å²) in [5, 5.41) is 9.63. The van der Waals surface area contributed by atoms with Crippen molar-refractivity contribution >= 4 is 11.8 Å². The molecule has 0 aliphatic heterocycles. The molecular weight excluding hydrogens is 247 g/mol. The van der Waals surface area contributed by atoms with Gasteiger partial charge in [-0.05, 0) is 24.6 Å². The average Bonchev–Trinajstić information content (AvgIpc) is 2.37. The largest absolute Gasteiger partial charge is 0.389 e. The Labute approximate surface area is 111 Å². The Bertz CT molecular complexity index is 511. The highest BCUT2D eigenvalue weighted by Crippen LogP contribution is 2.31. The second-order valence-corrected chi connectivity index (χ2v) is 5.12. The molecule has 0 aliphatic carbocycles. The van der Waals surface area contributed by atoms with Crippen LogP contribution in [0.5, 0.6) is 0 Å². The molecule has 0 aliphatic rings. The standard InChI is InChI=1S/C15H15FOS/c1-11(17)15-13(16)8-5-9-14(15)18-10-12-6-3-2-4-7-12/h2-9,11,17H,10H2,1H3/t11-/m0/s1. The molecule has 0 heterocycles. The molecule has 1 atom stereocenters. The highest BCUT2D eigenvalue weighted by Gasteiger charge is 2.13. The number of rotatable bonds is 4. The number of thioether (sulfide) groups is 1. The van der Waals surface area contributed by atoms with Crippen molar-refractivity contribution in [3.8, 4) is 0 Å². The van der Waals surface area contributed by atoms with Gasteiger partial charge in [-0.3, -0.25) is 0 Å². The van der Waals surface area contributed by atoms with Crippen LogP contribution < -0.4 is 0 Å². The van der Waals surface area contributed by atoms with Crippen LogP contribution in [0.1, 0.15) is 24.2 Å². The van der Waals surface area contributed by atoms with E-state index in [9.17, 15) is 9.50 Å². The Balaban J connectivity index is 2.17. The maximum Gasteiger partial charge on any atom is 0.130 e. The zero-order valence-electron chi connectivity index (χ0n) is 10.1. The summed E-state index contributed by atoms with van der Waals surface area (Å²) in [7, 11) is 0. The fourth-order valence-electron chi connectivity index (χ4n) is 1.78. The lowest BCUT2D eigenvalue weighted by Crippen LogP contribution is -1.98. The molecule has 18 heavy (non-hydrogen) atoms. The van der Waals surface area contributed by atoms with Crippen molar-refractivity contribution in [2.24, 2.45) is 0 Å². The van der Waals surface area contributed by atoms with E-state index in [1.165, 1.54) is 11.6 Å². The number of benzene rings is 2. The molecule has 3 heteroatoms. The predicted molar refractivity (Wildman–Crippen MR) is 73.0 cm³/mol. The summed E-state index contributed by atoms with van der Waals surface area (Å²) >= 11 is 1.54. The Morgan fingerprint density at radius 2 is 1.83 bits per heavy atom. The van der Waals surface area contributed by atoms with E-state index in [-0.39, 0.29) is 5.82 Å². The SMILES string of the molecule is C[C@H](O)c1c(F)cccc1SCc1ccccc1. The van der Waals surface area contributed by atoms with Crippen molar-refractivity contribution in [2.75, 3.05) is 0 Å². The summed E-state index contributed by atoms with van der Waals surface area (Å²) in [5.74, 6) is 0.423. The molecule has 0 radical (unpaired) electrons. The number of hydrogen-bond acceptors (Lipinski definition) is 2. The third-order valence-corrected chi connectivity index (χ3v) is 3.81. The molecule has 1 nitrogen and oxygen atoms in total. The number of hydrogen-bond donors (Lipinski definition) is 1. The first-order valence-corrected chi connectivity index (χ1v) is 6.80. The van der Waals surface area contributed by atoms with Crippen molar-refractivity contribution < 1.29 is 9.50 Å². The van der Waals surface area contributed by atoms with E-state index < -0.39 is 6.10 Å².